The summed E-state index contributed by atoms with van der Waals surface area (Å²) in [5.41, 5.74) is 6.72. The van der Waals surface area contributed by atoms with Gasteiger partial charge >= 0.3 is 0 Å². The van der Waals surface area contributed by atoms with E-state index in [0.29, 0.717) is 11.4 Å². The van der Waals surface area contributed by atoms with E-state index in [1.54, 1.807) is 17.1 Å². The Balaban J connectivity index is 1.78. The molecule has 0 unspecified atom stereocenters. The predicted molar refractivity (Wildman–Crippen MR) is 82.3 cm³/mol. The number of hydrazine groups is 2. The predicted octanol–water partition coefficient (Wildman–Crippen LogP) is 2.76. The van der Waals surface area contributed by atoms with Gasteiger partial charge < -0.3 is 5.32 Å². The van der Waals surface area contributed by atoms with Crippen molar-refractivity contribution >= 4 is 23.0 Å². The quantitative estimate of drug-likeness (QED) is 0.849. The maximum atomic E-state index is 13.1. The lowest BCUT2D eigenvalue weighted by molar-refractivity contribution is -0.114. The zero-order valence-corrected chi connectivity index (χ0v) is 11.8. The van der Waals surface area contributed by atoms with Gasteiger partial charge in [-0.3, -0.25) is 4.79 Å². The van der Waals surface area contributed by atoms with Crippen LogP contribution < -0.4 is 20.9 Å². The van der Waals surface area contributed by atoms with Crippen molar-refractivity contribution < 1.29 is 9.18 Å². The summed E-state index contributed by atoms with van der Waals surface area (Å²) in [7, 11) is 0. The lowest BCUT2D eigenvalue weighted by Crippen LogP contribution is -2.41. The first-order valence-corrected chi connectivity index (χ1v) is 6.88. The zero-order chi connectivity index (χ0) is 15.3. The van der Waals surface area contributed by atoms with Crippen molar-refractivity contribution in [3.8, 4) is 0 Å². The number of carbonyl (C=O) groups excluding carboxylic acids is 1. The van der Waals surface area contributed by atoms with E-state index in [2.05, 4.69) is 10.9 Å². The molecular formula is C16H13FN4O. The van der Waals surface area contributed by atoms with Crippen LogP contribution >= 0.6 is 0 Å². The van der Waals surface area contributed by atoms with Crippen LogP contribution in [-0.2, 0) is 4.79 Å². The van der Waals surface area contributed by atoms with Crippen molar-refractivity contribution in [2.45, 2.75) is 6.92 Å². The van der Waals surface area contributed by atoms with Gasteiger partial charge in [0, 0.05) is 5.70 Å². The van der Waals surface area contributed by atoms with Crippen molar-refractivity contribution in [1.82, 2.24) is 5.53 Å². The summed E-state index contributed by atoms with van der Waals surface area (Å²) in [4.78, 5) is 12.7. The third-order valence-electron chi connectivity index (χ3n) is 3.74. The first kappa shape index (κ1) is 12.8. The van der Waals surface area contributed by atoms with Crippen LogP contribution in [0.3, 0.4) is 0 Å². The highest BCUT2D eigenvalue weighted by Crippen LogP contribution is 2.37. The van der Waals surface area contributed by atoms with Gasteiger partial charge in [-0.25, -0.2) is 14.4 Å². The molecular weight excluding hydrogens is 283 g/mol. The number of fused-ring (bicyclic) bond motifs is 3. The highest BCUT2D eigenvalue weighted by molar-refractivity contribution is 6.12. The van der Waals surface area contributed by atoms with Gasteiger partial charge in [0.1, 0.15) is 11.5 Å². The maximum absolute atomic E-state index is 13.1. The molecule has 5 nitrogen and oxygen atoms in total. The fraction of sp³-hybridized carbons (Fsp3) is 0.0625. The molecule has 2 aromatic rings. The van der Waals surface area contributed by atoms with Crippen LogP contribution in [0.15, 0.2) is 59.9 Å². The first-order chi connectivity index (χ1) is 10.6. The Labute approximate surface area is 126 Å². The van der Waals surface area contributed by atoms with Crippen LogP contribution in [0.4, 0.5) is 21.5 Å². The Bertz CT molecular complexity index is 800. The summed E-state index contributed by atoms with van der Waals surface area (Å²) in [6, 6.07) is 13.5. The highest BCUT2D eigenvalue weighted by Gasteiger charge is 2.39. The maximum Gasteiger partial charge on any atom is 0.294 e. The summed E-state index contributed by atoms with van der Waals surface area (Å²) in [6.45, 7) is 1.85. The van der Waals surface area contributed by atoms with Crippen molar-refractivity contribution in [3.05, 3.63) is 65.7 Å². The standard InChI is InChI=1S/C16H13FN4O/c1-10-15-16(22)20(12-8-6-11(17)7-9-12)19-21(15)14-5-3-2-4-13(14)18-10/h2-9,18-19H,1H3. The van der Waals surface area contributed by atoms with Crippen LogP contribution in [0, 0.1) is 5.82 Å². The highest BCUT2D eigenvalue weighted by atomic mass is 19.1. The minimum absolute atomic E-state index is 0.189. The molecule has 2 heterocycles. The summed E-state index contributed by atoms with van der Waals surface area (Å²) in [6.07, 6.45) is 0. The summed E-state index contributed by atoms with van der Waals surface area (Å²) >= 11 is 0. The largest absolute Gasteiger partial charge is 0.355 e. The number of amides is 1. The number of carbonyl (C=O) groups is 1. The third kappa shape index (κ3) is 1.78. The molecule has 110 valence electrons. The fourth-order valence-electron chi connectivity index (χ4n) is 2.70. The molecule has 6 heteroatoms. The molecule has 2 aliphatic heterocycles. The lowest BCUT2D eigenvalue weighted by atomic mass is 10.1. The number of nitrogens with one attached hydrogen (secondary N) is 2. The second kappa shape index (κ2) is 4.57. The summed E-state index contributed by atoms with van der Waals surface area (Å²) in [5.74, 6) is -0.526. The molecule has 0 bridgehead atoms. The second-order valence-electron chi connectivity index (χ2n) is 5.17. The number of hydrogen-bond donors (Lipinski definition) is 2. The number of anilines is 3. The molecule has 0 saturated carbocycles. The van der Waals surface area contributed by atoms with Gasteiger partial charge in [0.05, 0.1) is 17.1 Å². The van der Waals surface area contributed by atoms with Gasteiger partial charge in [-0.05, 0) is 43.3 Å². The average Bonchev–Trinajstić information content (AvgIpc) is 2.87. The molecule has 0 aromatic heterocycles. The molecule has 1 fully saturated rings. The first-order valence-electron chi connectivity index (χ1n) is 6.88. The van der Waals surface area contributed by atoms with Gasteiger partial charge in [0.15, 0.2) is 0 Å². The number of para-hydroxylation sites is 2. The Kier molecular flexibility index (Phi) is 2.67. The van der Waals surface area contributed by atoms with E-state index in [1.165, 1.54) is 17.1 Å². The van der Waals surface area contributed by atoms with E-state index in [9.17, 15) is 9.18 Å². The van der Waals surface area contributed by atoms with Gasteiger partial charge in [0.2, 0.25) is 0 Å². The van der Waals surface area contributed by atoms with Crippen molar-refractivity contribution in [2.24, 2.45) is 0 Å². The Hall–Kier alpha value is -2.86. The fourth-order valence-corrected chi connectivity index (χ4v) is 2.70. The van der Waals surface area contributed by atoms with Gasteiger partial charge in [-0.2, -0.15) is 0 Å². The third-order valence-corrected chi connectivity index (χ3v) is 3.74. The number of hydrogen-bond acceptors (Lipinski definition) is 4. The van der Waals surface area contributed by atoms with Crippen molar-refractivity contribution in [3.63, 3.8) is 0 Å². The van der Waals surface area contributed by atoms with E-state index in [0.717, 1.165) is 17.1 Å². The van der Waals surface area contributed by atoms with Crippen molar-refractivity contribution in [2.75, 3.05) is 15.3 Å². The number of nitrogens with zero attached hydrogens (tertiary/aromatic N) is 2. The Morgan fingerprint density at radius 1 is 1.00 bits per heavy atom. The molecule has 2 N–H and O–H groups in total. The van der Waals surface area contributed by atoms with Crippen LogP contribution in [0.5, 0.6) is 0 Å². The monoisotopic (exact) mass is 296 g/mol. The van der Waals surface area contributed by atoms with Crippen molar-refractivity contribution in [1.29, 1.82) is 0 Å². The van der Waals surface area contributed by atoms with Gasteiger partial charge in [-0.1, -0.05) is 12.1 Å². The molecule has 2 aliphatic rings. The minimum atomic E-state index is -0.337. The summed E-state index contributed by atoms with van der Waals surface area (Å²) < 4.78 is 13.1. The number of halogens is 1. The molecule has 0 aliphatic carbocycles. The average molecular weight is 296 g/mol. The molecule has 0 spiro atoms. The minimum Gasteiger partial charge on any atom is -0.355 e. The number of rotatable bonds is 1. The topological polar surface area (TPSA) is 47.6 Å². The molecule has 22 heavy (non-hydrogen) atoms. The Morgan fingerprint density at radius 3 is 2.50 bits per heavy atom. The Morgan fingerprint density at radius 2 is 1.73 bits per heavy atom. The number of benzene rings is 2. The lowest BCUT2D eigenvalue weighted by Gasteiger charge is -2.28. The zero-order valence-electron chi connectivity index (χ0n) is 11.8. The summed E-state index contributed by atoms with van der Waals surface area (Å²) in [5, 5.41) is 6.38. The van der Waals surface area contributed by atoms with Crippen LogP contribution in [0.25, 0.3) is 0 Å². The van der Waals surface area contributed by atoms with Crippen LogP contribution in [0.1, 0.15) is 6.92 Å². The van der Waals surface area contributed by atoms with Crippen LogP contribution in [-0.4, -0.2) is 5.91 Å². The van der Waals surface area contributed by atoms with Gasteiger partial charge in [-0.15, -0.1) is 5.53 Å². The molecule has 1 saturated heterocycles. The SMILES string of the molecule is CC1=C2C(=O)N(c3ccc(F)cc3)NN2c2ccccc2N1. The van der Waals surface area contributed by atoms with E-state index >= 15 is 0 Å². The normalized spacial score (nSPS) is 16.5. The molecule has 2 aromatic carbocycles. The van der Waals surface area contributed by atoms with Gasteiger partial charge in [0.25, 0.3) is 5.91 Å². The second-order valence-corrected chi connectivity index (χ2v) is 5.17. The van der Waals surface area contributed by atoms with E-state index in [-0.39, 0.29) is 11.7 Å². The van der Waals surface area contributed by atoms with E-state index in [1.807, 2.05) is 31.2 Å². The molecule has 4 rings (SSSR count). The smallest absolute Gasteiger partial charge is 0.294 e. The molecule has 0 radical (unpaired) electrons. The molecule has 1 amide bonds. The van der Waals surface area contributed by atoms with E-state index in [4.69, 9.17) is 0 Å². The number of allylic oxidation sites excluding steroid dienone is 1. The van der Waals surface area contributed by atoms with Crippen LogP contribution in [0.2, 0.25) is 0 Å². The van der Waals surface area contributed by atoms with E-state index < -0.39 is 0 Å². The molecule has 0 atom stereocenters.